The van der Waals surface area contributed by atoms with Crippen molar-refractivity contribution >= 4 is 11.7 Å². The van der Waals surface area contributed by atoms with E-state index in [9.17, 15) is 10.1 Å². The van der Waals surface area contributed by atoms with Crippen LogP contribution in [0.25, 0.3) is 0 Å². The minimum Gasteiger partial charge on any atom is -0.497 e. The van der Waals surface area contributed by atoms with Gasteiger partial charge in [0.25, 0.3) is 0 Å². The highest BCUT2D eigenvalue weighted by molar-refractivity contribution is 5.76. The van der Waals surface area contributed by atoms with E-state index in [2.05, 4.69) is 16.0 Å². The SMILES string of the molecule is COc1ccc(OCCCC(=O)N2CCN(c3ncccc3C#N)CC2)cc1. The summed E-state index contributed by atoms with van der Waals surface area (Å²) in [5.74, 6) is 2.39. The number of nitriles is 1. The molecule has 1 aliphatic rings. The van der Waals surface area contributed by atoms with E-state index < -0.39 is 0 Å². The molecule has 1 aromatic heterocycles. The topological polar surface area (TPSA) is 78.7 Å². The molecule has 0 saturated carbocycles. The Balaban J connectivity index is 1.39. The van der Waals surface area contributed by atoms with Gasteiger partial charge in [0.1, 0.15) is 23.4 Å². The Morgan fingerprint density at radius 3 is 2.54 bits per heavy atom. The van der Waals surface area contributed by atoms with E-state index in [1.54, 1.807) is 25.4 Å². The molecule has 0 unspecified atom stereocenters. The van der Waals surface area contributed by atoms with E-state index in [4.69, 9.17) is 9.47 Å². The van der Waals surface area contributed by atoms with Crippen molar-refractivity contribution in [2.24, 2.45) is 0 Å². The molecule has 3 rings (SSSR count). The maximum absolute atomic E-state index is 12.4. The van der Waals surface area contributed by atoms with Crippen molar-refractivity contribution in [3.05, 3.63) is 48.2 Å². The molecule has 7 heteroatoms. The number of piperazine rings is 1. The van der Waals surface area contributed by atoms with Crippen molar-refractivity contribution in [1.82, 2.24) is 9.88 Å². The Bertz CT molecular complexity index is 824. The molecule has 2 heterocycles. The summed E-state index contributed by atoms with van der Waals surface area (Å²) >= 11 is 0. The number of hydrogen-bond donors (Lipinski definition) is 0. The summed E-state index contributed by atoms with van der Waals surface area (Å²) in [4.78, 5) is 20.7. The van der Waals surface area contributed by atoms with Crippen LogP contribution >= 0.6 is 0 Å². The summed E-state index contributed by atoms with van der Waals surface area (Å²) in [5, 5.41) is 9.22. The third-order valence-electron chi connectivity index (χ3n) is 4.70. The molecule has 1 amide bonds. The van der Waals surface area contributed by atoms with Gasteiger partial charge in [-0.3, -0.25) is 4.79 Å². The Kier molecular flexibility index (Phi) is 6.68. The lowest BCUT2D eigenvalue weighted by atomic mass is 10.2. The first-order valence-electron chi connectivity index (χ1n) is 9.36. The maximum atomic E-state index is 12.4. The number of anilines is 1. The number of nitrogens with zero attached hydrogens (tertiary/aromatic N) is 4. The van der Waals surface area contributed by atoms with Crippen molar-refractivity contribution in [2.45, 2.75) is 12.8 Å². The Morgan fingerprint density at radius 2 is 1.86 bits per heavy atom. The standard InChI is InChI=1S/C21H24N4O3/c1-27-18-6-8-19(9-7-18)28-15-3-5-20(26)24-11-13-25(14-12-24)21-17(16-22)4-2-10-23-21/h2,4,6-10H,3,5,11-15H2,1H3. The lowest BCUT2D eigenvalue weighted by Gasteiger charge is -2.35. The normalized spacial score (nSPS) is 13.7. The number of ether oxygens (including phenoxy) is 2. The van der Waals surface area contributed by atoms with Gasteiger partial charge in [-0.15, -0.1) is 0 Å². The number of hydrogen-bond acceptors (Lipinski definition) is 6. The zero-order valence-corrected chi connectivity index (χ0v) is 16.0. The Morgan fingerprint density at radius 1 is 1.14 bits per heavy atom. The molecular formula is C21H24N4O3. The molecule has 28 heavy (non-hydrogen) atoms. The van der Waals surface area contributed by atoms with E-state index in [-0.39, 0.29) is 5.91 Å². The highest BCUT2D eigenvalue weighted by atomic mass is 16.5. The molecule has 7 nitrogen and oxygen atoms in total. The minimum atomic E-state index is 0.138. The third-order valence-corrected chi connectivity index (χ3v) is 4.70. The quantitative estimate of drug-likeness (QED) is 0.687. The molecule has 0 N–H and O–H groups in total. The van der Waals surface area contributed by atoms with Crippen molar-refractivity contribution in [3.8, 4) is 17.6 Å². The summed E-state index contributed by atoms with van der Waals surface area (Å²) in [6.45, 7) is 3.14. The first kappa shape index (κ1) is 19.5. The van der Waals surface area contributed by atoms with E-state index in [1.165, 1.54) is 0 Å². The van der Waals surface area contributed by atoms with Crippen LogP contribution in [-0.2, 0) is 4.79 Å². The summed E-state index contributed by atoms with van der Waals surface area (Å²) < 4.78 is 10.8. The van der Waals surface area contributed by atoms with Gasteiger partial charge in [0, 0.05) is 38.8 Å². The summed E-state index contributed by atoms with van der Waals surface area (Å²) in [5.41, 5.74) is 0.568. The van der Waals surface area contributed by atoms with E-state index >= 15 is 0 Å². The minimum absolute atomic E-state index is 0.138. The first-order valence-corrected chi connectivity index (χ1v) is 9.36. The highest BCUT2D eigenvalue weighted by Gasteiger charge is 2.22. The average molecular weight is 380 g/mol. The van der Waals surface area contributed by atoms with Crippen molar-refractivity contribution in [3.63, 3.8) is 0 Å². The van der Waals surface area contributed by atoms with Crippen molar-refractivity contribution in [1.29, 1.82) is 5.26 Å². The third kappa shape index (κ3) is 4.92. The monoisotopic (exact) mass is 380 g/mol. The molecule has 0 radical (unpaired) electrons. The highest BCUT2D eigenvalue weighted by Crippen LogP contribution is 2.19. The largest absolute Gasteiger partial charge is 0.497 e. The molecule has 0 atom stereocenters. The zero-order valence-electron chi connectivity index (χ0n) is 16.0. The second-order valence-electron chi connectivity index (χ2n) is 6.48. The number of amides is 1. The van der Waals surface area contributed by atoms with E-state index in [0.29, 0.717) is 57.0 Å². The zero-order chi connectivity index (χ0) is 19.8. The molecule has 0 spiro atoms. The van der Waals surface area contributed by atoms with Crippen LogP contribution in [0.5, 0.6) is 11.5 Å². The second kappa shape index (κ2) is 9.60. The number of methoxy groups -OCH3 is 1. The molecular weight excluding hydrogens is 356 g/mol. The number of carbonyl (C=O) groups is 1. The van der Waals surface area contributed by atoms with Gasteiger partial charge < -0.3 is 19.3 Å². The van der Waals surface area contributed by atoms with Crippen LogP contribution in [0.4, 0.5) is 5.82 Å². The van der Waals surface area contributed by atoms with Gasteiger partial charge in [0.2, 0.25) is 5.91 Å². The second-order valence-corrected chi connectivity index (χ2v) is 6.48. The van der Waals surface area contributed by atoms with Crippen LogP contribution in [0.3, 0.4) is 0 Å². The molecule has 1 saturated heterocycles. The fraction of sp³-hybridized carbons (Fsp3) is 0.381. The van der Waals surface area contributed by atoms with Gasteiger partial charge in [-0.25, -0.2) is 4.98 Å². The van der Waals surface area contributed by atoms with Crippen LogP contribution in [-0.4, -0.2) is 55.7 Å². The number of rotatable bonds is 7. The predicted molar refractivity (Wildman–Crippen MR) is 105 cm³/mol. The summed E-state index contributed by atoms with van der Waals surface area (Å²) in [6.07, 6.45) is 2.82. The summed E-state index contributed by atoms with van der Waals surface area (Å²) in [6, 6.07) is 13.1. The van der Waals surface area contributed by atoms with Gasteiger partial charge in [-0.2, -0.15) is 5.26 Å². The fourth-order valence-corrected chi connectivity index (χ4v) is 3.15. The van der Waals surface area contributed by atoms with Crippen LogP contribution in [0, 0.1) is 11.3 Å². The van der Waals surface area contributed by atoms with Crippen LogP contribution < -0.4 is 14.4 Å². The van der Waals surface area contributed by atoms with Gasteiger partial charge in [-0.05, 0) is 42.8 Å². The lowest BCUT2D eigenvalue weighted by molar-refractivity contribution is -0.131. The Labute approximate surface area is 165 Å². The number of benzene rings is 1. The summed E-state index contributed by atoms with van der Waals surface area (Å²) in [7, 11) is 1.63. The first-order chi connectivity index (χ1) is 13.7. The number of aromatic nitrogens is 1. The predicted octanol–water partition coefficient (Wildman–Crippen LogP) is 2.47. The van der Waals surface area contributed by atoms with E-state index in [0.717, 1.165) is 11.5 Å². The number of carbonyl (C=O) groups excluding carboxylic acids is 1. The molecule has 1 aliphatic heterocycles. The van der Waals surface area contributed by atoms with Crippen LogP contribution in [0.1, 0.15) is 18.4 Å². The van der Waals surface area contributed by atoms with Crippen molar-refractivity contribution in [2.75, 3.05) is 44.8 Å². The van der Waals surface area contributed by atoms with Gasteiger partial charge in [0.05, 0.1) is 19.3 Å². The number of pyridine rings is 1. The average Bonchev–Trinajstić information content (AvgIpc) is 2.77. The van der Waals surface area contributed by atoms with Gasteiger partial charge in [0.15, 0.2) is 0 Å². The lowest BCUT2D eigenvalue weighted by Crippen LogP contribution is -2.49. The smallest absolute Gasteiger partial charge is 0.222 e. The van der Waals surface area contributed by atoms with Crippen molar-refractivity contribution < 1.29 is 14.3 Å². The molecule has 0 bridgehead atoms. The molecule has 1 fully saturated rings. The maximum Gasteiger partial charge on any atom is 0.222 e. The molecule has 2 aromatic rings. The molecule has 0 aliphatic carbocycles. The molecule has 146 valence electrons. The van der Waals surface area contributed by atoms with E-state index in [1.807, 2.05) is 29.2 Å². The van der Waals surface area contributed by atoms with Crippen LogP contribution in [0.2, 0.25) is 0 Å². The van der Waals surface area contributed by atoms with Gasteiger partial charge >= 0.3 is 0 Å². The Hall–Kier alpha value is -3.27. The van der Waals surface area contributed by atoms with Gasteiger partial charge in [-0.1, -0.05) is 0 Å². The van der Waals surface area contributed by atoms with Crippen LogP contribution in [0.15, 0.2) is 42.6 Å². The fourth-order valence-electron chi connectivity index (χ4n) is 3.15. The molecule has 1 aromatic carbocycles.